The normalized spacial score (nSPS) is 16.0. The monoisotopic (exact) mass is 413 g/mol. The van der Waals surface area contributed by atoms with E-state index in [2.05, 4.69) is 18.2 Å². The van der Waals surface area contributed by atoms with Crippen molar-refractivity contribution in [1.29, 1.82) is 0 Å². The van der Waals surface area contributed by atoms with E-state index >= 15 is 0 Å². The molecule has 1 atom stereocenters. The van der Waals surface area contributed by atoms with Crippen LogP contribution < -0.4 is 5.63 Å². The van der Waals surface area contributed by atoms with E-state index in [1.54, 1.807) is 23.9 Å². The lowest BCUT2D eigenvalue weighted by molar-refractivity contribution is 0.471. The van der Waals surface area contributed by atoms with Crippen molar-refractivity contribution in [3.05, 3.63) is 99.9 Å². The fraction of sp³-hybridized carbons (Fsp3) is 0.120. The van der Waals surface area contributed by atoms with Crippen molar-refractivity contribution in [2.24, 2.45) is 4.99 Å². The van der Waals surface area contributed by atoms with Crippen LogP contribution in [0.25, 0.3) is 11.0 Å². The largest absolute Gasteiger partial charge is 0.507 e. The number of phenols is 1. The molecule has 3 aromatic carbocycles. The predicted octanol–water partition coefficient (Wildman–Crippen LogP) is 6.16. The van der Waals surface area contributed by atoms with Crippen LogP contribution in [0.2, 0.25) is 0 Å². The van der Waals surface area contributed by atoms with Gasteiger partial charge in [0.05, 0.1) is 17.0 Å². The summed E-state index contributed by atoms with van der Waals surface area (Å²) in [4.78, 5) is 18.1. The van der Waals surface area contributed by atoms with Gasteiger partial charge in [-0.2, -0.15) is 0 Å². The molecule has 0 saturated heterocycles. The lowest BCUT2D eigenvalue weighted by Gasteiger charge is -2.17. The van der Waals surface area contributed by atoms with Crippen molar-refractivity contribution < 1.29 is 9.52 Å². The summed E-state index contributed by atoms with van der Waals surface area (Å²) < 4.78 is 5.57. The predicted molar refractivity (Wildman–Crippen MR) is 121 cm³/mol. The van der Waals surface area contributed by atoms with Crippen LogP contribution in [0.4, 0.5) is 5.69 Å². The minimum absolute atomic E-state index is 0.0613. The number of rotatable bonds is 2. The lowest BCUT2D eigenvalue weighted by Crippen LogP contribution is -2.08. The average molecular weight is 413 g/mol. The molecule has 0 unspecified atom stereocenters. The summed E-state index contributed by atoms with van der Waals surface area (Å²) in [5, 5.41) is 11.7. The summed E-state index contributed by atoms with van der Waals surface area (Å²) in [6, 6.07) is 23.2. The summed E-state index contributed by atoms with van der Waals surface area (Å²) in [6.45, 7) is 1.87. The Morgan fingerprint density at radius 2 is 1.80 bits per heavy atom. The van der Waals surface area contributed by atoms with Crippen molar-refractivity contribution >= 4 is 34.1 Å². The molecule has 4 aromatic rings. The Balaban J connectivity index is 1.76. The van der Waals surface area contributed by atoms with Crippen molar-refractivity contribution in [3.8, 4) is 5.75 Å². The van der Waals surface area contributed by atoms with Gasteiger partial charge in [0, 0.05) is 28.0 Å². The third kappa shape index (κ3) is 3.31. The second-order valence-corrected chi connectivity index (χ2v) is 8.58. The molecule has 1 aliphatic rings. The van der Waals surface area contributed by atoms with Gasteiger partial charge < -0.3 is 9.52 Å². The first kappa shape index (κ1) is 18.7. The van der Waals surface area contributed by atoms with Crippen LogP contribution in [0.5, 0.6) is 5.75 Å². The molecule has 30 heavy (non-hydrogen) atoms. The zero-order valence-electron chi connectivity index (χ0n) is 16.3. The standard InChI is InChI=1S/C25H19NO3S/c1-15-13-23(28)29-25-17(15)11-12-20(27)24(25)19-14-22(16-7-3-2-4-8-16)30-21-10-6-5-9-18(21)26-19/h2-13,22,27H,14H2,1H3/t22-/m1/s1. The van der Waals surface area contributed by atoms with E-state index in [-0.39, 0.29) is 11.0 Å². The molecule has 4 nitrogen and oxygen atoms in total. The van der Waals surface area contributed by atoms with E-state index in [4.69, 9.17) is 9.41 Å². The number of aliphatic imine (C=N–C) groups is 1. The molecule has 0 spiro atoms. The molecule has 0 aliphatic carbocycles. The van der Waals surface area contributed by atoms with Gasteiger partial charge in [-0.05, 0) is 42.3 Å². The van der Waals surface area contributed by atoms with Crippen LogP contribution >= 0.6 is 11.8 Å². The molecule has 0 fully saturated rings. The van der Waals surface area contributed by atoms with Gasteiger partial charge in [0.25, 0.3) is 0 Å². The van der Waals surface area contributed by atoms with Gasteiger partial charge in [-0.3, -0.25) is 4.99 Å². The van der Waals surface area contributed by atoms with Crippen LogP contribution in [-0.4, -0.2) is 10.8 Å². The van der Waals surface area contributed by atoms with E-state index in [0.717, 1.165) is 21.5 Å². The summed E-state index contributed by atoms with van der Waals surface area (Å²) >= 11 is 1.76. The highest BCUT2D eigenvalue weighted by molar-refractivity contribution is 7.99. The van der Waals surface area contributed by atoms with Crippen molar-refractivity contribution in [1.82, 2.24) is 0 Å². The van der Waals surface area contributed by atoms with Gasteiger partial charge in [0.1, 0.15) is 5.75 Å². The SMILES string of the molecule is Cc1cc(=O)oc2c(C3=Nc4ccccc4S[C@@H](c4ccccc4)C3)c(O)ccc12. The highest BCUT2D eigenvalue weighted by Crippen LogP contribution is 2.46. The Kier molecular flexibility index (Phi) is 4.68. The first-order valence-electron chi connectivity index (χ1n) is 9.75. The molecule has 1 N–H and O–H groups in total. The maximum atomic E-state index is 12.1. The first-order valence-corrected chi connectivity index (χ1v) is 10.6. The lowest BCUT2D eigenvalue weighted by atomic mass is 9.97. The van der Waals surface area contributed by atoms with E-state index in [1.807, 2.05) is 43.3 Å². The van der Waals surface area contributed by atoms with Crippen LogP contribution in [0, 0.1) is 6.92 Å². The maximum Gasteiger partial charge on any atom is 0.336 e. The molecular weight excluding hydrogens is 394 g/mol. The van der Waals surface area contributed by atoms with Gasteiger partial charge >= 0.3 is 5.63 Å². The van der Waals surface area contributed by atoms with E-state index in [9.17, 15) is 9.90 Å². The molecule has 0 radical (unpaired) electrons. The topological polar surface area (TPSA) is 62.8 Å². The van der Waals surface area contributed by atoms with Crippen molar-refractivity contribution in [2.45, 2.75) is 23.5 Å². The number of hydrogen-bond donors (Lipinski definition) is 1. The molecule has 0 saturated carbocycles. The second kappa shape index (κ2) is 7.50. The average Bonchev–Trinajstić information content (AvgIpc) is 2.93. The molecular formula is C25H19NO3S. The summed E-state index contributed by atoms with van der Waals surface area (Å²) in [7, 11) is 0. The van der Waals surface area contributed by atoms with Gasteiger partial charge in [-0.15, -0.1) is 11.8 Å². The molecule has 1 aliphatic heterocycles. The quantitative estimate of drug-likeness (QED) is 0.400. The number of phenolic OH excluding ortho intramolecular Hbond substituents is 1. The number of benzene rings is 3. The number of fused-ring (bicyclic) bond motifs is 2. The summed E-state index contributed by atoms with van der Waals surface area (Å²) in [5.41, 5.74) is 3.99. The molecule has 5 rings (SSSR count). The number of hydrogen-bond acceptors (Lipinski definition) is 5. The fourth-order valence-corrected chi connectivity index (χ4v) is 5.11. The number of thioether (sulfide) groups is 1. The molecule has 2 heterocycles. The van der Waals surface area contributed by atoms with Crippen molar-refractivity contribution in [3.63, 3.8) is 0 Å². The highest BCUT2D eigenvalue weighted by Gasteiger charge is 2.26. The maximum absolute atomic E-state index is 12.1. The van der Waals surface area contributed by atoms with E-state index in [0.29, 0.717) is 23.3 Å². The molecule has 1 aromatic heterocycles. The second-order valence-electron chi connectivity index (χ2n) is 7.33. The number of para-hydroxylation sites is 1. The third-order valence-electron chi connectivity index (χ3n) is 5.33. The number of nitrogens with zero attached hydrogens (tertiary/aromatic N) is 1. The van der Waals surface area contributed by atoms with Crippen LogP contribution in [0.1, 0.15) is 28.4 Å². The number of aromatic hydroxyl groups is 1. The Labute approximate surface area is 177 Å². The zero-order valence-corrected chi connectivity index (χ0v) is 17.1. The Bertz CT molecular complexity index is 1340. The van der Waals surface area contributed by atoms with Gasteiger partial charge in [0.15, 0.2) is 5.58 Å². The Hall–Kier alpha value is -3.31. The van der Waals surface area contributed by atoms with Gasteiger partial charge in [-0.25, -0.2) is 4.79 Å². The van der Waals surface area contributed by atoms with Crippen molar-refractivity contribution in [2.75, 3.05) is 0 Å². The zero-order chi connectivity index (χ0) is 20.7. The highest BCUT2D eigenvalue weighted by atomic mass is 32.2. The van der Waals surface area contributed by atoms with Gasteiger partial charge in [0.2, 0.25) is 0 Å². The minimum atomic E-state index is -0.435. The molecule has 148 valence electrons. The molecule has 0 bridgehead atoms. The van der Waals surface area contributed by atoms with E-state index in [1.165, 1.54) is 11.6 Å². The smallest absolute Gasteiger partial charge is 0.336 e. The Morgan fingerprint density at radius 1 is 1.03 bits per heavy atom. The van der Waals surface area contributed by atoms with E-state index < -0.39 is 5.63 Å². The summed E-state index contributed by atoms with van der Waals surface area (Å²) in [6.07, 6.45) is 0.591. The van der Waals surface area contributed by atoms with Gasteiger partial charge in [-0.1, -0.05) is 42.5 Å². The molecule has 0 amide bonds. The summed E-state index contributed by atoms with van der Waals surface area (Å²) in [5.74, 6) is 0.0613. The van der Waals surface area contributed by atoms with Crippen LogP contribution in [0.15, 0.2) is 91.9 Å². The fourth-order valence-electron chi connectivity index (χ4n) is 3.87. The van der Waals surface area contributed by atoms with Crippen LogP contribution in [0.3, 0.4) is 0 Å². The Morgan fingerprint density at radius 3 is 2.63 bits per heavy atom. The third-order valence-corrected chi connectivity index (χ3v) is 6.65. The first-order chi connectivity index (χ1) is 14.6. The van der Waals surface area contributed by atoms with Crippen LogP contribution in [-0.2, 0) is 0 Å². The minimum Gasteiger partial charge on any atom is -0.507 e. The number of aryl methyl sites for hydroxylation is 1. The molecule has 5 heteroatoms.